The van der Waals surface area contributed by atoms with Gasteiger partial charge in [0.25, 0.3) is 0 Å². The lowest BCUT2D eigenvalue weighted by Crippen LogP contribution is -2.72. The van der Waals surface area contributed by atoms with Crippen molar-refractivity contribution in [2.75, 3.05) is 39.8 Å². The Hall–Kier alpha value is -1.14. The maximum atomic E-state index is 12.2. The molecular weight excluding hydrogens is 338 g/mol. The molecule has 2 aliphatic heterocycles. The van der Waals surface area contributed by atoms with Gasteiger partial charge in [-0.1, -0.05) is 23.7 Å². The van der Waals surface area contributed by atoms with Crippen molar-refractivity contribution in [1.82, 2.24) is 15.1 Å². The number of hydrogen-bond donors (Lipinski definition) is 1. The van der Waals surface area contributed by atoms with Gasteiger partial charge in [0, 0.05) is 44.8 Å². The molecule has 1 N–H and O–H groups in total. The first-order valence-corrected chi connectivity index (χ1v) is 9.51. The molecule has 5 nitrogen and oxygen atoms in total. The highest BCUT2D eigenvalue weighted by molar-refractivity contribution is 6.30. The third kappa shape index (κ3) is 3.85. The number of hydrogen-bond acceptors (Lipinski definition) is 4. The van der Waals surface area contributed by atoms with E-state index in [1.165, 1.54) is 18.4 Å². The molecule has 1 saturated carbocycles. The van der Waals surface area contributed by atoms with Crippen molar-refractivity contribution >= 4 is 17.5 Å². The van der Waals surface area contributed by atoms with Crippen LogP contribution in [0.3, 0.4) is 0 Å². The van der Waals surface area contributed by atoms with Crippen molar-refractivity contribution in [2.45, 2.75) is 31.0 Å². The van der Waals surface area contributed by atoms with Crippen molar-refractivity contribution in [3.8, 4) is 0 Å². The number of ether oxygens (including phenoxy) is 1. The average molecular weight is 364 g/mol. The molecular formula is C19H26ClN3O2. The number of likely N-dealkylation sites (tertiary alicyclic amines) is 1. The van der Waals surface area contributed by atoms with Crippen LogP contribution in [0, 0.1) is 5.92 Å². The summed E-state index contributed by atoms with van der Waals surface area (Å²) < 4.78 is 6.19. The molecule has 1 spiro atoms. The Morgan fingerprint density at radius 2 is 2.16 bits per heavy atom. The topological polar surface area (TPSA) is 44.8 Å². The number of nitrogens with one attached hydrogen (secondary N) is 1. The van der Waals surface area contributed by atoms with E-state index in [2.05, 4.69) is 21.2 Å². The summed E-state index contributed by atoms with van der Waals surface area (Å²) in [6.07, 6.45) is 2.59. The number of nitrogens with zero attached hydrogens (tertiary/aromatic N) is 2. The highest BCUT2D eigenvalue weighted by Gasteiger charge is 2.50. The zero-order valence-electron chi connectivity index (χ0n) is 14.7. The molecule has 25 heavy (non-hydrogen) atoms. The molecule has 1 unspecified atom stereocenters. The van der Waals surface area contributed by atoms with Gasteiger partial charge in [-0.05, 0) is 36.5 Å². The molecule has 0 radical (unpaired) electrons. The van der Waals surface area contributed by atoms with Gasteiger partial charge >= 0.3 is 0 Å². The largest absolute Gasteiger partial charge is 0.369 e. The second-order valence-electron chi connectivity index (χ2n) is 7.77. The van der Waals surface area contributed by atoms with E-state index in [0.717, 1.165) is 43.7 Å². The lowest BCUT2D eigenvalue weighted by atomic mass is 9.89. The summed E-state index contributed by atoms with van der Waals surface area (Å²) in [4.78, 5) is 16.9. The van der Waals surface area contributed by atoms with E-state index in [1.54, 1.807) is 7.05 Å². The minimum atomic E-state index is -0.141. The number of carbonyl (C=O) groups is 1. The SMILES string of the molecule is CNC(=O)C1COC2(CN(Cc3cccc(Cl)c3)C2)CN1CC1CC1. The lowest BCUT2D eigenvalue weighted by Gasteiger charge is -2.55. The van der Waals surface area contributed by atoms with Gasteiger partial charge in [-0.3, -0.25) is 14.6 Å². The van der Waals surface area contributed by atoms with Gasteiger partial charge in [0.05, 0.1) is 6.61 Å². The molecule has 2 saturated heterocycles. The first-order chi connectivity index (χ1) is 12.1. The summed E-state index contributed by atoms with van der Waals surface area (Å²) in [6.45, 7) is 5.11. The molecule has 2 heterocycles. The maximum Gasteiger partial charge on any atom is 0.239 e. The monoisotopic (exact) mass is 363 g/mol. The molecule has 0 aromatic heterocycles. The van der Waals surface area contributed by atoms with Crippen LogP contribution in [0.4, 0.5) is 0 Å². The van der Waals surface area contributed by atoms with Crippen LogP contribution < -0.4 is 5.32 Å². The molecule has 1 aromatic rings. The molecule has 6 heteroatoms. The zero-order chi connectivity index (χ0) is 17.4. The van der Waals surface area contributed by atoms with Crippen molar-refractivity contribution in [3.63, 3.8) is 0 Å². The van der Waals surface area contributed by atoms with Crippen LogP contribution in [0.5, 0.6) is 0 Å². The van der Waals surface area contributed by atoms with Crippen LogP contribution in [0.15, 0.2) is 24.3 Å². The summed E-state index contributed by atoms with van der Waals surface area (Å²) in [5.41, 5.74) is 1.12. The van der Waals surface area contributed by atoms with Crippen molar-refractivity contribution < 1.29 is 9.53 Å². The third-order valence-corrected chi connectivity index (χ3v) is 5.77. The van der Waals surface area contributed by atoms with Gasteiger partial charge in [-0.15, -0.1) is 0 Å². The van der Waals surface area contributed by atoms with E-state index in [4.69, 9.17) is 16.3 Å². The minimum Gasteiger partial charge on any atom is -0.369 e. The van der Waals surface area contributed by atoms with Crippen LogP contribution in [0.1, 0.15) is 18.4 Å². The average Bonchev–Trinajstić information content (AvgIpc) is 3.37. The Kier molecular flexibility index (Phi) is 4.75. The Balaban J connectivity index is 1.36. The predicted molar refractivity (Wildman–Crippen MR) is 97.6 cm³/mol. The Morgan fingerprint density at radius 1 is 1.36 bits per heavy atom. The van der Waals surface area contributed by atoms with Crippen LogP contribution in [0.2, 0.25) is 5.02 Å². The first kappa shape index (κ1) is 17.3. The van der Waals surface area contributed by atoms with Crippen LogP contribution >= 0.6 is 11.6 Å². The quantitative estimate of drug-likeness (QED) is 0.865. The predicted octanol–water partition coefficient (Wildman–Crippen LogP) is 1.75. The Labute approximate surface area is 154 Å². The summed E-state index contributed by atoms with van der Waals surface area (Å²) in [7, 11) is 1.71. The Morgan fingerprint density at radius 3 is 2.84 bits per heavy atom. The van der Waals surface area contributed by atoms with Crippen LogP contribution in [0.25, 0.3) is 0 Å². The van der Waals surface area contributed by atoms with Crippen LogP contribution in [-0.4, -0.2) is 67.2 Å². The summed E-state index contributed by atoms with van der Waals surface area (Å²) in [5, 5.41) is 3.57. The van der Waals surface area contributed by atoms with Gasteiger partial charge in [-0.25, -0.2) is 0 Å². The van der Waals surface area contributed by atoms with E-state index >= 15 is 0 Å². The van der Waals surface area contributed by atoms with Gasteiger partial charge < -0.3 is 10.1 Å². The minimum absolute atomic E-state index is 0.0746. The second-order valence-corrected chi connectivity index (χ2v) is 8.21. The smallest absolute Gasteiger partial charge is 0.239 e. The number of morpholine rings is 1. The molecule has 1 aromatic carbocycles. The number of rotatable bonds is 5. The summed E-state index contributed by atoms with van der Waals surface area (Å²) in [6, 6.07) is 7.89. The highest BCUT2D eigenvalue weighted by Crippen LogP contribution is 2.36. The summed E-state index contributed by atoms with van der Waals surface area (Å²) >= 11 is 6.08. The van der Waals surface area contributed by atoms with Gasteiger partial charge in [0.1, 0.15) is 11.6 Å². The number of carbonyl (C=O) groups excluding carboxylic acids is 1. The second kappa shape index (κ2) is 6.88. The van der Waals surface area contributed by atoms with E-state index < -0.39 is 0 Å². The fraction of sp³-hybridized carbons (Fsp3) is 0.632. The van der Waals surface area contributed by atoms with E-state index in [0.29, 0.717) is 6.61 Å². The molecule has 3 fully saturated rings. The van der Waals surface area contributed by atoms with Crippen molar-refractivity contribution in [1.29, 1.82) is 0 Å². The highest BCUT2D eigenvalue weighted by atomic mass is 35.5. The lowest BCUT2D eigenvalue weighted by molar-refractivity contribution is -0.203. The molecule has 1 atom stereocenters. The molecule has 4 rings (SSSR count). The molecule has 0 bridgehead atoms. The van der Waals surface area contributed by atoms with E-state index in [9.17, 15) is 4.79 Å². The fourth-order valence-electron chi connectivity index (χ4n) is 4.08. The normalized spacial score (nSPS) is 26.4. The number of halogens is 1. The number of amides is 1. The van der Waals surface area contributed by atoms with Crippen LogP contribution in [-0.2, 0) is 16.1 Å². The van der Waals surface area contributed by atoms with E-state index in [-0.39, 0.29) is 17.6 Å². The van der Waals surface area contributed by atoms with Gasteiger partial charge in [-0.2, -0.15) is 0 Å². The van der Waals surface area contributed by atoms with Gasteiger partial charge in [0.15, 0.2) is 0 Å². The first-order valence-electron chi connectivity index (χ1n) is 9.13. The van der Waals surface area contributed by atoms with Crippen molar-refractivity contribution in [3.05, 3.63) is 34.9 Å². The standard InChI is InChI=1S/C19H26ClN3O2/c1-21-18(24)17-10-25-19(13-23(17)9-14-5-6-14)11-22(12-19)8-15-3-2-4-16(20)7-15/h2-4,7,14,17H,5-6,8-13H2,1H3,(H,21,24). The molecule has 1 aliphatic carbocycles. The summed E-state index contributed by atoms with van der Waals surface area (Å²) in [5.74, 6) is 0.843. The number of likely N-dealkylation sites (N-methyl/N-ethyl adjacent to an activating group) is 1. The molecule has 136 valence electrons. The fourth-order valence-corrected chi connectivity index (χ4v) is 4.30. The third-order valence-electron chi connectivity index (χ3n) is 5.54. The van der Waals surface area contributed by atoms with E-state index in [1.807, 2.05) is 18.2 Å². The Bertz CT molecular complexity index is 643. The molecule has 1 amide bonds. The molecule has 3 aliphatic rings. The number of benzene rings is 1. The van der Waals surface area contributed by atoms with Crippen molar-refractivity contribution in [2.24, 2.45) is 5.92 Å². The maximum absolute atomic E-state index is 12.2. The van der Waals surface area contributed by atoms with Gasteiger partial charge in [0.2, 0.25) is 5.91 Å². The zero-order valence-corrected chi connectivity index (χ0v) is 15.5.